The van der Waals surface area contributed by atoms with Gasteiger partial charge in [-0.05, 0) is 49.6 Å². The van der Waals surface area contributed by atoms with Crippen LogP contribution in [0.4, 0.5) is 4.39 Å². The van der Waals surface area contributed by atoms with E-state index >= 15 is 0 Å². The molecule has 0 radical (unpaired) electrons. The number of halogens is 1. The fraction of sp³-hybridized carbons (Fsp3) is 0.333. The lowest BCUT2D eigenvalue weighted by molar-refractivity contribution is 0.0486. The number of carbonyl (C=O) groups excluding carboxylic acids is 1. The zero-order valence-electron chi connectivity index (χ0n) is 17.4. The summed E-state index contributed by atoms with van der Waals surface area (Å²) < 4.78 is 19.0. The number of nitrogens with zero attached hydrogens (tertiary/aromatic N) is 1. The van der Waals surface area contributed by atoms with Gasteiger partial charge in [0.1, 0.15) is 5.82 Å². The van der Waals surface area contributed by atoms with Crippen molar-refractivity contribution in [3.05, 3.63) is 81.6 Å². The van der Waals surface area contributed by atoms with Crippen LogP contribution in [0.5, 0.6) is 0 Å². The smallest absolute Gasteiger partial charge is 0.252 e. The molecule has 1 aliphatic heterocycles. The minimum absolute atomic E-state index is 0.0921. The van der Waals surface area contributed by atoms with Crippen molar-refractivity contribution < 1.29 is 13.9 Å². The molecule has 0 atom stereocenters. The van der Waals surface area contributed by atoms with Crippen molar-refractivity contribution in [3.8, 4) is 0 Å². The van der Waals surface area contributed by atoms with E-state index in [1.165, 1.54) is 12.1 Å². The number of aromatic nitrogens is 1. The number of hydrogen-bond acceptors (Lipinski definition) is 5. The number of rotatable bonds is 7. The summed E-state index contributed by atoms with van der Waals surface area (Å²) in [5.74, 6) is 0.382. The molecule has 4 rings (SSSR count). The molecule has 1 amide bonds. The monoisotopic (exact) mass is 456 g/mol. The highest BCUT2D eigenvalue weighted by molar-refractivity contribution is 7.98. The Morgan fingerprint density at radius 2 is 1.94 bits per heavy atom. The molecule has 31 heavy (non-hydrogen) atoms. The van der Waals surface area contributed by atoms with Gasteiger partial charge in [-0.25, -0.2) is 9.37 Å². The molecule has 1 N–H and O–H groups in total. The maximum absolute atomic E-state index is 13.5. The topological polar surface area (TPSA) is 51.2 Å². The molecule has 7 heteroatoms. The molecule has 0 unspecified atom stereocenters. The molecular weight excluding hydrogens is 431 g/mol. The number of ether oxygens (including phenoxy) is 1. The van der Waals surface area contributed by atoms with E-state index in [9.17, 15) is 9.18 Å². The summed E-state index contributed by atoms with van der Waals surface area (Å²) in [6.07, 6.45) is 1.58. The van der Waals surface area contributed by atoms with Gasteiger partial charge in [0.15, 0.2) is 0 Å². The highest BCUT2D eigenvalue weighted by Gasteiger charge is 2.35. The van der Waals surface area contributed by atoms with Gasteiger partial charge in [0.25, 0.3) is 5.91 Å². The lowest BCUT2D eigenvalue weighted by atomic mass is 9.74. The van der Waals surface area contributed by atoms with Crippen LogP contribution in [0.1, 0.15) is 39.5 Å². The normalized spacial score (nSPS) is 15.5. The van der Waals surface area contributed by atoms with E-state index in [4.69, 9.17) is 4.74 Å². The summed E-state index contributed by atoms with van der Waals surface area (Å²) >= 11 is 3.26. The van der Waals surface area contributed by atoms with Gasteiger partial charge in [-0.15, -0.1) is 23.1 Å². The van der Waals surface area contributed by atoms with E-state index in [1.54, 1.807) is 23.1 Å². The van der Waals surface area contributed by atoms with E-state index in [1.807, 2.05) is 43.3 Å². The Kier molecular flexibility index (Phi) is 7.05. The number of thioether (sulfide) groups is 1. The predicted molar refractivity (Wildman–Crippen MR) is 123 cm³/mol. The van der Waals surface area contributed by atoms with Crippen LogP contribution in [-0.4, -0.2) is 30.6 Å². The molecular formula is C24H25FN2O2S2. The minimum Gasteiger partial charge on any atom is -0.381 e. The summed E-state index contributed by atoms with van der Waals surface area (Å²) in [5, 5.41) is 6.25. The first-order valence-electron chi connectivity index (χ1n) is 10.3. The van der Waals surface area contributed by atoms with Crippen LogP contribution in [0.25, 0.3) is 0 Å². The Balaban J connectivity index is 1.47. The number of nitrogens with one attached hydrogen (secondary N) is 1. The molecule has 162 valence electrons. The van der Waals surface area contributed by atoms with Crippen molar-refractivity contribution in [1.29, 1.82) is 0 Å². The standard InChI is InChI=1S/C24H25FN2O2S2/c1-17-27-20(14-30-17)15-31-22-5-3-2-4-21(22)23(28)26-16-24(10-12-29-13-11-24)18-6-8-19(25)9-7-18/h2-9,14H,10-13,15-16H2,1H3,(H,26,28). The van der Waals surface area contributed by atoms with Crippen molar-refractivity contribution in [2.75, 3.05) is 19.8 Å². The highest BCUT2D eigenvalue weighted by Crippen LogP contribution is 2.35. The van der Waals surface area contributed by atoms with Crippen LogP contribution < -0.4 is 5.32 Å². The Bertz CT molecular complexity index is 1030. The van der Waals surface area contributed by atoms with Gasteiger partial charge in [-0.3, -0.25) is 4.79 Å². The van der Waals surface area contributed by atoms with Gasteiger partial charge in [0.05, 0.1) is 16.3 Å². The molecule has 3 aromatic rings. The van der Waals surface area contributed by atoms with E-state index in [2.05, 4.69) is 15.7 Å². The fourth-order valence-electron chi connectivity index (χ4n) is 3.88. The van der Waals surface area contributed by atoms with E-state index < -0.39 is 0 Å². The van der Waals surface area contributed by atoms with Crippen molar-refractivity contribution >= 4 is 29.0 Å². The number of thiazole rings is 1. The van der Waals surface area contributed by atoms with E-state index in [0.29, 0.717) is 25.3 Å². The molecule has 0 bridgehead atoms. The van der Waals surface area contributed by atoms with Gasteiger partial charge in [0, 0.05) is 41.2 Å². The second-order valence-electron chi connectivity index (χ2n) is 7.72. The van der Waals surface area contributed by atoms with Crippen molar-refractivity contribution in [2.45, 2.75) is 35.8 Å². The lowest BCUT2D eigenvalue weighted by Gasteiger charge is -2.38. The zero-order chi connectivity index (χ0) is 21.7. The molecule has 0 spiro atoms. The fourth-order valence-corrected chi connectivity index (χ4v) is 5.54. The summed E-state index contributed by atoms with van der Waals surface area (Å²) in [7, 11) is 0. The van der Waals surface area contributed by atoms with E-state index in [0.717, 1.165) is 39.8 Å². The number of benzene rings is 2. The van der Waals surface area contributed by atoms with Crippen molar-refractivity contribution in [1.82, 2.24) is 10.3 Å². The number of aryl methyl sites for hydroxylation is 1. The first kappa shape index (κ1) is 22.0. The summed E-state index contributed by atoms with van der Waals surface area (Å²) in [4.78, 5) is 18.6. The van der Waals surface area contributed by atoms with Crippen LogP contribution >= 0.6 is 23.1 Å². The third-order valence-electron chi connectivity index (χ3n) is 5.67. The second kappa shape index (κ2) is 9.94. The van der Waals surface area contributed by atoms with Gasteiger partial charge in [-0.1, -0.05) is 24.3 Å². The average molecular weight is 457 g/mol. The third-order valence-corrected chi connectivity index (χ3v) is 7.60. The Morgan fingerprint density at radius 3 is 2.65 bits per heavy atom. The number of amides is 1. The largest absolute Gasteiger partial charge is 0.381 e. The first-order valence-corrected chi connectivity index (χ1v) is 12.2. The van der Waals surface area contributed by atoms with Crippen LogP contribution in [0.2, 0.25) is 0 Å². The number of hydrogen-bond donors (Lipinski definition) is 1. The molecule has 2 aromatic carbocycles. The summed E-state index contributed by atoms with van der Waals surface area (Å²) in [6, 6.07) is 14.3. The van der Waals surface area contributed by atoms with Crippen LogP contribution in [-0.2, 0) is 15.9 Å². The Labute approximate surface area is 190 Å². The SMILES string of the molecule is Cc1nc(CSc2ccccc2C(=O)NCC2(c3ccc(F)cc3)CCOCC2)cs1. The van der Waals surface area contributed by atoms with Gasteiger partial charge in [0.2, 0.25) is 0 Å². The third kappa shape index (κ3) is 5.34. The van der Waals surface area contributed by atoms with Crippen molar-refractivity contribution in [3.63, 3.8) is 0 Å². The molecule has 1 saturated heterocycles. The van der Waals surface area contributed by atoms with E-state index in [-0.39, 0.29) is 17.1 Å². The molecule has 0 saturated carbocycles. The highest BCUT2D eigenvalue weighted by atomic mass is 32.2. The summed E-state index contributed by atoms with van der Waals surface area (Å²) in [5.41, 5.74) is 2.49. The molecule has 1 aliphatic rings. The maximum Gasteiger partial charge on any atom is 0.252 e. The van der Waals surface area contributed by atoms with Crippen LogP contribution in [0.15, 0.2) is 58.8 Å². The van der Waals surface area contributed by atoms with Gasteiger partial charge in [-0.2, -0.15) is 0 Å². The zero-order valence-corrected chi connectivity index (χ0v) is 19.0. The van der Waals surface area contributed by atoms with Crippen molar-refractivity contribution in [2.24, 2.45) is 0 Å². The first-order chi connectivity index (χ1) is 15.1. The molecule has 2 heterocycles. The molecule has 1 aromatic heterocycles. The Hall–Kier alpha value is -2.22. The maximum atomic E-state index is 13.5. The summed E-state index contributed by atoms with van der Waals surface area (Å²) in [6.45, 7) is 3.75. The van der Waals surface area contributed by atoms with Crippen LogP contribution in [0, 0.1) is 12.7 Å². The molecule has 4 nitrogen and oxygen atoms in total. The molecule has 1 fully saturated rings. The average Bonchev–Trinajstić information content (AvgIpc) is 3.22. The minimum atomic E-state index is -0.253. The second-order valence-corrected chi connectivity index (χ2v) is 9.80. The van der Waals surface area contributed by atoms with Gasteiger partial charge >= 0.3 is 0 Å². The predicted octanol–water partition coefficient (Wildman–Crippen LogP) is 5.36. The Morgan fingerprint density at radius 1 is 1.19 bits per heavy atom. The molecule has 0 aliphatic carbocycles. The van der Waals surface area contributed by atoms with Gasteiger partial charge < -0.3 is 10.1 Å². The lowest BCUT2D eigenvalue weighted by Crippen LogP contribution is -2.44. The van der Waals surface area contributed by atoms with Crippen LogP contribution in [0.3, 0.4) is 0 Å². The number of carbonyl (C=O) groups is 1. The quantitative estimate of drug-likeness (QED) is 0.486.